The average molecular weight is 300 g/mol. The van der Waals surface area contributed by atoms with Gasteiger partial charge in [-0.15, -0.1) is 6.58 Å². The first kappa shape index (κ1) is 14.4. The van der Waals surface area contributed by atoms with Gasteiger partial charge in [-0.1, -0.05) is 34.5 Å². The fourth-order valence-electron chi connectivity index (χ4n) is 1.83. The van der Waals surface area contributed by atoms with E-state index in [9.17, 15) is 4.39 Å². The van der Waals surface area contributed by atoms with Crippen LogP contribution in [0.4, 0.5) is 4.39 Å². The van der Waals surface area contributed by atoms with Crippen molar-refractivity contribution in [3.05, 3.63) is 46.2 Å². The van der Waals surface area contributed by atoms with Gasteiger partial charge < -0.3 is 5.32 Å². The molecule has 94 valence electrons. The lowest BCUT2D eigenvalue weighted by molar-refractivity contribution is 0.483. The molecule has 0 fully saturated rings. The van der Waals surface area contributed by atoms with Gasteiger partial charge in [-0.3, -0.25) is 0 Å². The van der Waals surface area contributed by atoms with Gasteiger partial charge in [0.2, 0.25) is 0 Å². The summed E-state index contributed by atoms with van der Waals surface area (Å²) < 4.78 is 14.7. The predicted molar refractivity (Wildman–Crippen MR) is 74.6 cm³/mol. The number of nitrogens with one attached hydrogen (secondary N) is 1. The summed E-state index contributed by atoms with van der Waals surface area (Å²) in [5.41, 5.74) is 1.84. The maximum atomic E-state index is 13.9. The first-order chi connectivity index (χ1) is 8.06. The molecule has 0 radical (unpaired) electrons. The number of allylic oxidation sites excluding steroid dienone is 1. The van der Waals surface area contributed by atoms with Crippen LogP contribution in [0.2, 0.25) is 0 Å². The van der Waals surface area contributed by atoms with E-state index in [2.05, 4.69) is 27.8 Å². The largest absolute Gasteiger partial charge is 0.310 e. The quantitative estimate of drug-likeness (QED) is 0.757. The van der Waals surface area contributed by atoms with Crippen molar-refractivity contribution in [3.63, 3.8) is 0 Å². The molecule has 0 aliphatic carbocycles. The van der Waals surface area contributed by atoms with E-state index >= 15 is 0 Å². The van der Waals surface area contributed by atoms with E-state index in [-0.39, 0.29) is 11.9 Å². The van der Waals surface area contributed by atoms with Crippen molar-refractivity contribution in [3.8, 4) is 0 Å². The summed E-state index contributed by atoms with van der Waals surface area (Å²) in [5, 5.41) is 3.32. The second-order valence-corrected chi connectivity index (χ2v) is 5.10. The summed E-state index contributed by atoms with van der Waals surface area (Å²) in [7, 11) is 0. The molecule has 0 bridgehead atoms. The van der Waals surface area contributed by atoms with Gasteiger partial charge in [0.1, 0.15) is 5.82 Å². The molecule has 0 amide bonds. The molecule has 1 rings (SSSR count). The molecule has 0 heterocycles. The lowest BCUT2D eigenvalue weighted by Crippen LogP contribution is -2.22. The van der Waals surface area contributed by atoms with E-state index in [1.807, 2.05) is 19.9 Å². The highest BCUT2D eigenvalue weighted by Crippen LogP contribution is 2.29. The zero-order chi connectivity index (χ0) is 12.8. The Hall–Kier alpha value is -0.670. The van der Waals surface area contributed by atoms with Crippen molar-refractivity contribution in [2.75, 3.05) is 6.54 Å². The lowest BCUT2D eigenvalue weighted by atomic mass is 9.99. The minimum Gasteiger partial charge on any atom is -0.310 e. The number of benzene rings is 1. The highest BCUT2D eigenvalue weighted by Gasteiger charge is 2.17. The van der Waals surface area contributed by atoms with E-state index in [0.717, 1.165) is 35.0 Å². The summed E-state index contributed by atoms with van der Waals surface area (Å²) in [6, 6.07) is 5.13. The molecule has 1 unspecified atom stereocenters. The van der Waals surface area contributed by atoms with E-state index in [1.165, 1.54) is 6.07 Å². The summed E-state index contributed by atoms with van der Waals surface area (Å²) >= 11 is 3.42. The minimum atomic E-state index is -0.160. The topological polar surface area (TPSA) is 12.0 Å². The standard InChI is InChI=1S/C14H19BrFN/c1-4-17-13(9-8-10(2)3)14-11(15)6-5-7-12(14)16/h5-7,13,17H,2,4,8-9H2,1,3H3. The smallest absolute Gasteiger partial charge is 0.129 e. The molecular weight excluding hydrogens is 281 g/mol. The van der Waals surface area contributed by atoms with Gasteiger partial charge >= 0.3 is 0 Å². The van der Waals surface area contributed by atoms with Crippen LogP contribution in [0.15, 0.2) is 34.8 Å². The molecule has 3 heteroatoms. The first-order valence-corrected chi connectivity index (χ1v) is 6.67. The molecule has 0 spiro atoms. The highest BCUT2D eigenvalue weighted by molar-refractivity contribution is 9.10. The van der Waals surface area contributed by atoms with Crippen LogP contribution in [0.25, 0.3) is 0 Å². The SMILES string of the molecule is C=C(C)CCC(NCC)c1c(F)cccc1Br. The van der Waals surface area contributed by atoms with Crippen LogP contribution in [0.1, 0.15) is 38.3 Å². The second-order valence-electron chi connectivity index (χ2n) is 4.24. The Balaban J connectivity index is 2.92. The molecule has 1 aromatic carbocycles. The van der Waals surface area contributed by atoms with Gasteiger partial charge in [-0.25, -0.2) is 4.39 Å². The van der Waals surface area contributed by atoms with Gasteiger partial charge in [-0.05, 0) is 38.4 Å². The number of hydrogen-bond donors (Lipinski definition) is 1. The second kappa shape index (κ2) is 6.92. The third kappa shape index (κ3) is 4.25. The van der Waals surface area contributed by atoms with Crippen LogP contribution in [-0.2, 0) is 0 Å². The van der Waals surface area contributed by atoms with Crippen LogP contribution < -0.4 is 5.32 Å². The van der Waals surface area contributed by atoms with Crippen LogP contribution in [0, 0.1) is 5.82 Å². The predicted octanol–water partition coefficient (Wildman–Crippen LogP) is 4.60. The van der Waals surface area contributed by atoms with E-state index < -0.39 is 0 Å². The monoisotopic (exact) mass is 299 g/mol. The third-order valence-electron chi connectivity index (χ3n) is 2.66. The Bertz CT molecular complexity index is 370. The number of hydrogen-bond acceptors (Lipinski definition) is 1. The zero-order valence-corrected chi connectivity index (χ0v) is 12.0. The summed E-state index contributed by atoms with van der Waals surface area (Å²) in [6.07, 6.45) is 1.77. The van der Waals surface area contributed by atoms with E-state index in [4.69, 9.17) is 0 Å². The molecular formula is C14H19BrFN. The molecule has 1 N–H and O–H groups in total. The average Bonchev–Trinajstić information content (AvgIpc) is 2.25. The zero-order valence-electron chi connectivity index (χ0n) is 10.4. The third-order valence-corrected chi connectivity index (χ3v) is 3.35. The van der Waals surface area contributed by atoms with Crippen molar-refractivity contribution < 1.29 is 4.39 Å². The molecule has 17 heavy (non-hydrogen) atoms. The van der Waals surface area contributed by atoms with Gasteiger partial charge in [0.15, 0.2) is 0 Å². The Kier molecular flexibility index (Phi) is 5.86. The van der Waals surface area contributed by atoms with Gasteiger partial charge in [0.05, 0.1) is 0 Å². The van der Waals surface area contributed by atoms with E-state index in [1.54, 1.807) is 6.07 Å². The van der Waals surface area contributed by atoms with E-state index in [0.29, 0.717) is 0 Å². The molecule has 0 aromatic heterocycles. The normalized spacial score (nSPS) is 12.5. The Morgan fingerprint density at radius 1 is 1.53 bits per heavy atom. The number of halogens is 2. The van der Waals surface area contributed by atoms with Crippen LogP contribution in [-0.4, -0.2) is 6.54 Å². The van der Waals surface area contributed by atoms with Crippen molar-refractivity contribution in [2.24, 2.45) is 0 Å². The highest BCUT2D eigenvalue weighted by atomic mass is 79.9. The Morgan fingerprint density at radius 2 is 2.24 bits per heavy atom. The van der Waals surface area contributed by atoms with Gasteiger partial charge in [0, 0.05) is 16.1 Å². The van der Waals surface area contributed by atoms with Crippen LogP contribution >= 0.6 is 15.9 Å². The fraction of sp³-hybridized carbons (Fsp3) is 0.429. The Labute approximate surface area is 111 Å². The van der Waals surface area contributed by atoms with Gasteiger partial charge in [-0.2, -0.15) is 0 Å². The van der Waals surface area contributed by atoms with Crippen molar-refractivity contribution >= 4 is 15.9 Å². The summed E-state index contributed by atoms with van der Waals surface area (Å²) in [5.74, 6) is -0.160. The van der Waals surface area contributed by atoms with Crippen molar-refractivity contribution in [1.29, 1.82) is 0 Å². The maximum absolute atomic E-state index is 13.9. The lowest BCUT2D eigenvalue weighted by Gasteiger charge is -2.20. The maximum Gasteiger partial charge on any atom is 0.129 e. The molecule has 0 saturated heterocycles. The van der Waals surface area contributed by atoms with Gasteiger partial charge in [0.25, 0.3) is 0 Å². The fourth-order valence-corrected chi connectivity index (χ4v) is 2.45. The van der Waals surface area contributed by atoms with Crippen LogP contribution in [0.5, 0.6) is 0 Å². The van der Waals surface area contributed by atoms with Crippen molar-refractivity contribution in [1.82, 2.24) is 5.32 Å². The molecule has 0 aliphatic rings. The van der Waals surface area contributed by atoms with Crippen molar-refractivity contribution in [2.45, 2.75) is 32.7 Å². The molecule has 1 nitrogen and oxygen atoms in total. The molecule has 1 aromatic rings. The minimum absolute atomic E-state index is 0.0345. The number of rotatable bonds is 6. The summed E-state index contributed by atoms with van der Waals surface area (Å²) in [4.78, 5) is 0. The first-order valence-electron chi connectivity index (χ1n) is 5.88. The molecule has 1 atom stereocenters. The molecule has 0 saturated carbocycles. The summed E-state index contributed by atoms with van der Waals surface area (Å²) in [6.45, 7) is 8.74. The van der Waals surface area contributed by atoms with Crippen LogP contribution in [0.3, 0.4) is 0 Å². The Morgan fingerprint density at radius 3 is 2.76 bits per heavy atom. The molecule has 0 aliphatic heterocycles.